The monoisotopic (exact) mass is 396 g/mol. The second kappa shape index (κ2) is 7.43. The van der Waals surface area contributed by atoms with E-state index in [1.54, 1.807) is 47.2 Å². The quantitative estimate of drug-likeness (QED) is 0.675. The van der Waals surface area contributed by atoms with Crippen LogP contribution in [-0.2, 0) is 21.2 Å². The molecule has 1 fully saturated rings. The molecule has 1 aliphatic heterocycles. The maximum Gasteiger partial charge on any atom is 0.242 e. The molecule has 1 aliphatic rings. The van der Waals surface area contributed by atoms with Gasteiger partial charge in [0, 0.05) is 30.2 Å². The fourth-order valence-corrected chi connectivity index (χ4v) is 5.44. The first kappa shape index (κ1) is 18.7. The molecular weight excluding hydrogens is 372 g/mol. The molecule has 1 aromatic heterocycles. The fraction of sp³-hybridized carbons (Fsp3) is 0.318. The number of rotatable bonds is 4. The summed E-state index contributed by atoms with van der Waals surface area (Å²) in [6, 6.07) is 15.8. The Morgan fingerprint density at radius 1 is 1.07 bits per heavy atom. The second-order valence-electron chi connectivity index (χ2n) is 7.54. The van der Waals surface area contributed by atoms with E-state index in [0.717, 1.165) is 31.4 Å². The molecule has 1 amide bonds. The van der Waals surface area contributed by atoms with Crippen LogP contribution in [0.3, 0.4) is 0 Å². The van der Waals surface area contributed by atoms with Crippen molar-refractivity contribution < 1.29 is 13.2 Å². The lowest BCUT2D eigenvalue weighted by Gasteiger charge is -2.31. The van der Waals surface area contributed by atoms with Crippen LogP contribution in [0.2, 0.25) is 0 Å². The topological polar surface area (TPSA) is 59.4 Å². The number of para-hydroxylation sites is 1. The number of aromatic nitrogens is 1. The van der Waals surface area contributed by atoms with Gasteiger partial charge in [0.25, 0.3) is 0 Å². The van der Waals surface area contributed by atoms with Crippen LogP contribution in [0.25, 0.3) is 10.9 Å². The van der Waals surface area contributed by atoms with Gasteiger partial charge in [0.05, 0.1) is 9.79 Å². The summed E-state index contributed by atoms with van der Waals surface area (Å²) in [7, 11) is -3.66. The molecule has 0 bridgehead atoms. The van der Waals surface area contributed by atoms with Crippen molar-refractivity contribution in [2.75, 3.05) is 13.1 Å². The van der Waals surface area contributed by atoms with E-state index in [1.807, 2.05) is 23.1 Å². The van der Waals surface area contributed by atoms with E-state index in [4.69, 9.17) is 0 Å². The highest BCUT2D eigenvalue weighted by atomic mass is 32.2. The number of amides is 1. The van der Waals surface area contributed by atoms with Crippen molar-refractivity contribution in [3.63, 3.8) is 0 Å². The van der Waals surface area contributed by atoms with E-state index >= 15 is 0 Å². The minimum atomic E-state index is -3.66. The number of likely N-dealkylation sites (tertiary alicyclic amines) is 1. The number of nitrogens with zero attached hydrogens (tertiary/aromatic N) is 2. The standard InChI is InChI=1S/C22H24N2O3S/c1-17-8-7-13-23(14-17)22(25)16-24-15-21(19-11-5-6-12-20(19)24)28(26,27)18-9-3-2-4-10-18/h2-6,9-12,15,17H,7-8,13-14,16H2,1H3. The van der Waals surface area contributed by atoms with Crippen molar-refractivity contribution in [1.82, 2.24) is 9.47 Å². The van der Waals surface area contributed by atoms with Crippen LogP contribution in [0.15, 0.2) is 70.6 Å². The normalized spacial score (nSPS) is 17.8. The molecule has 146 valence electrons. The number of hydrogen-bond donors (Lipinski definition) is 0. The molecule has 1 atom stereocenters. The molecule has 2 aromatic carbocycles. The third-order valence-electron chi connectivity index (χ3n) is 5.41. The zero-order valence-corrected chi connectivity index (χ0v) is 16.7. The second-order valence-corrected chi connectivity index (χ2v) is 9.46. The Kier molecular flexibility index (Phi) is 4.98. The molecule has 1 unspecified atom stereocenters. The molecule has 5 nitrogen and oxygen atoms in total. The van der Waals surface area contributed by atoms with Gasteiger partial charge >= 0.3 is 0 Å². The molecule has 6 heteroatoms. The van der Waals surface area contributed by atoms with Crippen LogP contribution in [0.5, 0.6) is 0 Å². The smallest absolute Gasteiger partial charge is 0.242 e. The first-order valence-electron chi connectivity index (χ1n) is 9.62. The molecule has 0 aliphatic carbocycles. The molecule has 2 heterocycles. The van der Waals surface area contributed by atoms with Gasteiger partial charge in [0.1, 0.15) is 6.54 Å². The van der Waals surface area contributed by atoms with Crippen LogP contribution < -0.4 is 0 Å². The number of hydrogen-bond acceptors (Lipinski definition) is 3. The molecule has 1 saturated heterocycles. The summed E-state index contributed by atoms with van der Waals surface area (Å²) in [6.45, 7) is 3.86. The Bertz CT molecular complexity index is 1100. The predicted octanol–water partition coefficient (Wildman–Crippen LogP) is 3.73. The highest BCUT2D eigenvalue weighted by Gasteiger charge is 2.25. The van der Waals surface area contributed by atoms with E-state index in [1.165, 1.54) is 0 Å². The van der Waals surface area contributed by atoms with Crippen molar-refractivity contribution in [1.29, 1.82) is 0 Å². The molecule has 4 rings (SSSR count). The van der Waals surface area contributed by atoms with Gasteiger partial charge in [-0.1, -0.05) is 43.3 Å². The fourth-order valence-electron chi connectivity index (χ4n) is 3.95. The maximum atomic E-state index is 13.2. The van der Waals surface area contributed by atoms with Gasteiger partial charge in [0.2, 0.25) is 15.7 Å². The molecule has 0 radical (unpaired) electrons. The van der Waals surface area contributed by atoms with E-state index in [2.05, 4.69) is 6.92 Å². The van der Waals surface area contributed by atoms with E-state index < -0.39 is 9.84 Å². The van der Waals surface area contributed by atoms with Gasteiger partial charge in [-0.15, -0.1) is 0 Å². The van der Waals surface area contributed by atoms with Gasteiger partial charge in [0.15, 0.2) is 0 Å². The zero-order valence-electron chi connectivity index (χ0n) is 15.9. The summed E-state index contributed by atoms with van der Waals surface area (Å²) in [5.41, 5.74) is 0.760. The van der Waals surface area contributed by atoms with E-state index in [9.17, 15) is 13.2 Å². The zero-order chi connectivity index (χ0) is 19.7. The molecular formula is C22H24N2O3S. The van der Waals surface area contributed by atoms with E-state index in [-0.39, 0.29) is 22.2 Å². The summed E-state index contributed by atoms with van der Waals surface area (Å²) in [5, 5.41) is 0.645. The largest absolute Gasteiger partial charge is 0.341 e. The number of fused-ring (bicyclic) bond motifs is 1. The molecule has 0 saturated carbocycles. The Morgan fingerprint density at radius 2 is 1.79 bits per heavy atom. The van der Waals surface area contributed by atoms with Crippen LogP contribution in [0, 0.1) is 5.92 Å². The summed E-state index contributed by atoms with van der Waals surface area (Å²) < 4.78 is 28.1. The Hall–Kier alpha value is -2.60. The third kappa shape index (κ3) is 3.44. The Labute approximate surface area is 165 Å². The van der Waals surface area contributed by atoms with Crippen LogP contribution in [0.4, 0.5) is 0 Å². The van der Waals surface area contributed by atoms with Crippen molar-refractivity contribution in [3.05, 3.63) is 60.8 Å². The average Bonchev–Trinajstić information content (AvgIpc) is 3.08. The molecule has 28 heavy (non-hydrogen) atoms. The van der Waals surface area contributed by atoms with Gasteiger partial charge in [-0.3, -0.25) is 4.79 Å². The lowest BCUT2D eigenvalue weighted by atomic mass is 10.0. The molecule has 3 aromatic rings. The Balaban J connectivity index is 1.72. The van der Waals surface area contributed by atoms with Gasteiger partial charge in [-0.05, 0) is 37.0 Å². The summed E-state index contributed by atoms with van der Waals surface area (Å²) in [6.07, 6.45) is 3.78. The Morgan fingerprint density at radius 3 is 2.54 bits per heavy atom. The van der Waals surface area contributed by atoms with Gasteiger partial charge < -0.3 is 9.47 Å². The summed E-state index contributed by atoms with van der Waals surface area (Å²) in [5.74, 6) is 0.545. The highest BCUT2D eigenvalue weighted by molar-refractivity contribution is 7.91. The lowest BCUT2D eigenvalue weighted by Crippen LogP contribution is -2.40. The van der Waals surface area contributed by atoms with Crippen molar-refractivity contribution in [3.8, 4) is 0 Å². The third-order valence-corrected chi connectivity index (χ3v) is 7.21. The number of piperidine rings is 1. The summed E-state index contributed by atoms with van der Waals surface area (Å²) >= 11 is 0. The number of benzene rings is 2. The van der Waals surface area contributed by atoms with Crippen molar-refractivity contribution in [2.45, 2.75) is 36.1 Å². The number of sulfone groups is 1. The van der Waals surface area contributed by atoms with Crippen molar-refractivity contribution in [2.24, 2.45) is 5.92 Å². The van der Waals surface area contributed by atoms with Gasteiger partial charge in [-0.25, -0.2) is 8.42 Å². The molecule has 0 spiro atoms. The van der Waals surface area contributed by atoms with Crippen LogP contribution >= 0.6 is 0 Å². The summed E-state index contributed by atoms with van der Waals surface area (Å²) in [4.78, 5) is 15.2. The van der Waals surface area contributed by atoms with Crippen LogP contribution in [0.1, 0.15) is 19.8 Å². The molecule has 0 N–H and O–H groups in total. The first-order chi connectivity index (χ1) is 13.5. The minimum absolute atomic E-state index is 0.0379. The first-order valence-corrected chi connectivity index (χ1v) is 11.1. The average molecular weight is 397 g/mol. The maximum absolute atomic E-state index is 13.2. The SMILES string of the molecule is CC1CCCN(C(=O)Cn2cc(S(=O)(=O)c3ccccc3)c3ccccc32)C1. The minimum Gasteiger partial charge on any atom is -0.341 e. The highest BCUT2D eigenvalue weighted by Crippen LogP contribution is 2.30. The lowest BCUT2D eigenvalue weighted by molar-refractivity contribution is -0.133. The van der Waals surface area contributed by atoms with E-state index in [0.29, 0.717) is 11.3 Å². The van der Waals surface area contributed by atoms with Gasteiger partial charge in [-0.2, -0.15) is 0 Å². The van der Waals surface area contributed by atoms with Crippen LogP contribution in [-0.4, -0.2) is 36.9 Å². The number of carbonyl (C=O) groups is 1. The predicted molar refractivity (Wildman–Crippen MR) is 109 cm³/mol. The number of carbonyl (C=O) groups excluding carboxylic acids is 1. The van der Waals surface area contributed by atoms with Crippen molar-refractivity contribution >= 4 is 26.6 Å².